The number of hydrogen-bond acceptors (Lipinski definition) is 3. The Hall–Kier alpha value is -1.68. The summed E-state index contributed by atoms with van der Waals surface area (Å²) in [7, 11) is 1.70. The van der Waals surface area contributed by atoms with Crippen LogP contribution in [-0.2, 0) is 9.53 Å². The van der Waals surface area contributed by atoms with Crippen molar-refractivity contribution in [3.05, 3.63) is 36.0 Å². The monoisotopic (exact) mass is 334 g/mol. The molecule has 0 rings (SSSR count). The second-order valence-corrected chi connectivity index (χ2v) is 5.91. The zero-order valence-corrected chi connectivity index (χ0v) is 16.3. The van der Waals surface area contributed by atoms with Gasteiger partial charge in [-0.25, -0.2) is 0 Å². The first-order valence-electron chi connectivity index (χ1n) is 8.68. The minimum absolute atomic E-state index is 0.0559. The number of hydrogen-bond donors (Lipinski definition) is 0. The molecule has 1 amide bonds. The van der Waals surface area contributed by atoms with E-state index in [4.69, 9.17) is 9.73 Å². The predicted molar refractivity (Wildman–Crippen MR) is 104 cm³/mol. The van der Waals surface area contributed by atoms with Gasteiger partial charge in [-0.1, -0.05) is 24.8 Å². The maximum Gasteiger partial charge on any atom is 0.219 e. The number of allylic oxidation sites excluding steroid dienone is 4. The van der Waals surface area contributed by atoms with Gasteiger partial charge in [0.15, 0.2) is 0 Å². The molecule has 24 heavy (non-hydrogen) atoms. The SMILES string of the molecule is C=C/C=C(\C)C(=NCCCCN(CC)C(C)=O)C(C)=CC(C)OC. The average Bonchev–Trinajstić information content (AvgIpc) is 2.53. The molecular formula is C20H34N2O2. The van der Waals surface area contributed by atoms with Gasteiger partial charge in [0.1, 0.15) is 0 Å². The van der Waals surface area contributed by atoms with Crippen LogP contribution in [-0.4, -0.2) is 49.4 Å². The van der Waals surface area contributed by atoms with Gasteiger partial charge in [-0.3, -0.25) is 9.79 Å². The second-order valence-electron chi connectivity index (χ2n) is 5.91. The number of methoxy groups -OCH3 is 1. The van der Waals surface area contributed by atoms with Gasteiger partial charge in [0.05, 0.1) is 11.8 Å². The highest BCUT2D eigenvalue weighted by atomic mass is 16.5. The molecule has 0 aromatic carbocycles. The number of ether oxygens (including phenoxy) is 1. The number of rotatable bonds is 11. The highest BCUT2D eigenvalue weighted by Gasteiger charge is 2.07. The van der Waals surface area contributed by atoms with Crippen LogP contribution in [0.1, 0.15) is 47.5 Å². The van der Waals surface area contributed by atoms with E-state index in [1.54, 1.807) is 20.1 Å². The van der Waals surface area contributed by atoms with Crippen LogP contribution in [0.4, 0.5) is 0 Å². The van der Waals surface area contributed by atoms with Crippen molar-refractivity contribution in [3.63, 3.8) is 0 Å². The highest BCUT2D eigenvalue weighted by Crippen LogP contribution is 2.11. The molecule has 0 spiro atoms. The first-order chi connectivity index (χ1) is 11.4. The van der Waals surface area contributed by atoms with Crippen molar-refractivity contribution in [2.24, 2.45) is 4.99 Å². The second kappa shape index (κ2) is 12.7. The van der Waals surface area contributed by atoms with E-state index in [1.165, 1.54) is 0 Å². The lowest BCUT2D eigenvalue weighted by atomic mass is 10.0. The summed E-state index contributed by atoms with van der Waals surface area (Å²) in [6.07, 6.45) is 7.81. The van der Waals surface area contributed by atoms with Gasteiger partial charge in [0, 0.05) is 33.7 Å². The Morgan fingerprint density at radius 1 is 1.25 bits per heavy atom. The normalized spacial score (nSPS) is 14.5. The lowest BCUT2D eigenvalue weighted by Crippen LogP contribution is -2.29. The first kappa shape index (κ1) is 22.3. The van der Waals surface area contributed by atoms with Gasteiger partial charge >= 0.3 is 0 Å². The van der Waals surface area contributed by atoms with Crippen LogP contribution in [0, 0.1) is 0 Å². The van der Waals surface area contributed by atoms with E-state index in [9.17, 15) is 4.79 Å². The van der Waals surface area contributed by atoms with Crippen LogP contribution in [0.15, 0.2) is 40.9 Å². The minimum atomic E-state index is 0.0559. The zero-order chi connectivity index (χ0) is 18.5. The number of unbranched alkanes of at least 4 members (excludes halogenated alkanes) is 1. The molecule has 1 atom stereocenters. The quantitative estimate of drug-likeness (QED) is 0.323. The zero-order valence-electron chi connectivity index (χ0n) is 16.3. The summed E-state index contributed by atoms with van der Waals surface area (Å²) in [5.74, 6) is 0.138. The van der Waals surface area contributed by atoms with Gasteiger partial charge in [-0.2, -0.15) is 0 Å². The molecule has 136 valence electrons. The van der Waals surface area contributed by atoms with E-state index in [2.05, 4.69) is 19.6 Å². The van der Waals surface area contributed by atoms with Crippen molar-refractivity contribution in [1.82, 2.24) is 4.90 Å². The van der Waals surface area contributed by atoms with E-state index in [0.29, 0.717) is 0 Å². The highest BCUT2D eigenvalue weighted by molar-refractivity contribution is 6.11. The minimum Gasteiger partial charge on any atom is -0.378 e. The molecule has 1 unspecified atom stereocenters. The molecule has 0 bridgehead atoms. The molecule has 0 aromatic heterocycles. The van der Waals surface area contributed by atoms with Gasteiger partial charge in [-0.05, 0) is 51.7 Å². The lowest BCUT2D eigenvalue weighted by molar-refractivity contribution is -0.128. The summed E-state index contributed by atoms with van der Waals surface area (Å²) >= 11 is 0. The largest absolute Gasteiger partial charge is 0.378 e. The van der Waals surface area contributed by atoms with Crippen molar-refractivity contribution in [2.75, 3.05) is 26.7 Å². The number of nitrogens with zero attached hydrogens (tertiary/aromatic N) is 2. The van der Waals surface area contributed by atoms with Crippen molar-refractivity contribution in [1.29, 1.82) is 0 Å². The third kappa shape index (κ3) is 8.82. The van der Waals surface area contributed by atoms with Crippen LogP contribution in [0.25, 0.3) is 0 Å². The molecule has 0 aromatic rings. The molecule has 0 aliphatic heterocycles. The summed E-state index contributed by atoms with van der Waals surface area (Å²) in [6, 6.07) is 0. The maximum atomic E-state index is 11.4. The third-order valence-electron chi connectivity index (χ3n) is 3.90. The summed E-state index contributed by atoms with van der Waals surface area (Å²) < 4.78 is 5.31. The molecule has 0 fully saturated rings. The van der Waals surface area contributed by atoms with Crippen molar-refractivity contribution in [2.45, 2.75) is 53.6 Å². The average molecular weight is 335 g/mol. The van der Waals surface area contributed by atoms with Crippen molar-refractivity contribution < 1.29 is 9.53 Å². The summed E-state index contributed by atoms with van der Waals surface area (Å²) in [5, 5.41) is 0. The van der Waals surface area contributed by atoms with Crippen LogP contribution >= 0.6 is 0 Å². The van der Waals surface area contributed by atoms with E-state index >= 15 is 0 Å². The Morgan fingerprint density at radius 2 is 1.92 bits per heavy atom. The van der Waals surface area contributed by atoms with Crippen molar-refractivity contribution in [3.8, 4) is 0 Å². The molecule has 0 saturated heterocycles. The molecule has 4 heteroatoms. The first-order valence-corrected chi connectivity index (χ1v) is 8.68. The Bertz CT molecular complexity index is 490. The number of aliphatic imine (C=N–C) groups is 1. The number of carbonyl (C=O) groups is 1. The number of amides is 1. The van der Waals surface area contributed by atoms with E-state index in [0.717, 1.165) is 49.3 Å². The van der Waals surface area contributed by atoms with Crippen LogP contribution in [0.2, 0.25) is 0 Å². The van der Waals surface area contributed by atoms with E-state index in [1.807, 2.05) is 31.7 Å². The summed E-state index contributed by atoms with van der Waals surface area (Å²) in [4.78, 5) is 18.0. The van der Waals surface area contributed by atoms with Gasteiger partial charge in [-0.15, -0.1) is 0 Å². The molecule has 0 saturated carbocycles. The molecule has 4 nitrogen and oxygen atoms in total. The topological polar surface area (TPSA) is 41.9 Å². The third-order valence-corrected chi connectivity index (χ3v) is 3.90. The smallest absolute Gasteiger partial charge is 0.219 e. The van der Waals surface area contributed by atoms with Gasteiger partial charge < -0.3 is 9.64 Å². The van der Waals surface area contributed by atoms with Crippen LogP contribution < -0.4 is 0 Å². The number of carbonyl (C=O) groups excluding carboxylic acids is 1. The van der Waals surface area contributed by atoms with Gasteiger partial charge in [0.25, 0.3) is 0 Å². The fourth-order valence-corrected chi connectivity index (χ4v) is 2.46. The molecule has 0 aliphatic carbocycles. The van der Waals surface area contributed by atoms with E-state index < -0.39 is 0 Å². The molecule has 0 N–H and O–H groups in total. The standard InChI is InChI=1S/C20H34N2O2/c1-8-12-16(3)20(17(4)15-18(5)24-7)21-13-10-11-14-22(9-2)19(6)23/h8,12,15,18H,1,9-11,13-14H2,2-7H3/b16-12+,17-15?,21-20?. The molecule has 0 heterocycles. The summed E-state index contributed by atoms with van der Waals surface area (Å²) in [6.45, 7) is 15.8. The fraction of sp³-hybridized carbons (Fsp3) is 0.600. The Kier molecular flexibility index (Phi) is 11.8. The Balaban J connectivity index is 4.84. The fourth-order valence-electron chi connectivity index (χ4n) is 2.46. The summed E-state index contributed by atoms with van der Waals surface area (Å²) in [5.41, 5.74) is 3.21. The molecule has 0 aliphatic rings. The molecular weight excluding hydrogens is 300 g/mol. The lowest BCUT2D eigenvalue weighted by Gasteiger charge is -2.18. The van der Waals surface area contributed by atoms with Crippen molar-refractivity contribution >= 4 is 11.6 Å². The van der Waals surface area contributed by atoms with Crippen LogP contribution in [0.3, 0.4) is 0 Å². The Labute approximate surface area is 148 Å². The Morgan fingerprint density at radius 3 is 2.42 bits per heavy atom. The van der Waals surface area contributed by atoms with E-state index in [-0.39, 0.29) is 12.0 Å². The maximum absolute atomic E-state index is 11.4. The predicted octanol–water partition coefficient (Wildman–Crippen LogP) is 4.19. The van der Waals surface area contributed by atoms with Crippen LogP contribution in [0.5, 0.6) is 0 Å². The van der Waals surface area contributed by atoms with Gasteiger partial charge in [0.2, 0.25) is 5.91 Å². The molecule has 0 radical (unpaired) electrons.